The first kappa shape index (κ1) is 24.5. The molecule has 0 aliphatic carbocycles. The number of hydrogen-bond acceptors (Lipinski definition) is 5. The number of carboxylic acids is 1. The Morgan fingerprint density at radius 2 is 1.84 bits per heavy atom. The summed E-state index contributed by atoms with van der Waals surface area (Å²) in [7, 11) is 0. The molecule has 0 saturated heterocycles. The average molecular weight is 485 g/mol. The largest absolute Gasteiger partial charge is 0.476 e. The third-order valence-electron chi connectivity index (χ3n) is 4.13. The number of alkyl halides is 1. The van der Waals surface area contributed by atoms with Gasteiger partial charge in [-0.2, -0.15) is 5.10 Å². The number of amides is 1. The number of pyridine rings is 1. The maximum Gasteiger partial charge on any atom is 0.356 e. The molecule has 1 aromatic carbocycles. The zero-order chi connectivity index (χ0) is 23.1. The maximum atomic E-state index is 12.1. The van der Waals surface area contributed by atoms with Gasteiger partial charge in [-0.3, -0.25) is 14.4 Å². The third kappa shape index (κ3) is 6.33. The molecular formula is C20H20Cl3N5O3. The minimum absolute atomic E-state index is 0.00861. The van der Waals surface area contributed by atoms with Gasteiger partial charge >= 0.3 is 5.97 Å². The Labute approximate surface area is 194 Å². The van der Waals surface area contributed by atoms with Crippen molar-refractivity contribution in [3.63, 3.8) is 0 Å². The lowest BCUT2D eigenvalue weighted by Crippen LogP contribution is -2.35. The first-order valence-electron chi connectivity index (χ1n) is 8.90. The minimum atomic E-state index is -1.26. The van der Waals surface area contributed by atoms with Crippen molar-refractivity contribution in [2.24, 2.45) is 0 Å². The van der Waals surface area contributed by atoms with E-state index in [-0.39, 0.29) is 33.3 Å². The lowest BCUT2D eigenvalue weighted by atomic mass is 10.1. The van der Waals surface area contributed by atoms with E-state index in [1.54, 1.807) is 15.8 Å². The zero-order valence-electron chi connectivity index (χ0n) is 16.7. The number of hydrogen-bond donors (Lipinski definition) is 2. The molecule has 0 aliphatic heterocycles. The van der Waals surface area contributed by atoms with Crippen molar-refractivity contribution in [2.75, 3.05) is 16.5 Å². The number of carboxylic acid groups (broad SMARTS) is 1. The van der Waals surface area contributed by atoms with Crippen molar-refractivity contribution in [3.8, 4) is 0 Å². The number of halogens is 3. The van der Waals surface area contributed by atoms with Gasteiger partial charge in [0.05, 0.1) is 16.4 Å². The van der Waals surface area contributed by atoms with Gasteiger partial charge in [0.1, 0.15) is 17.7 Å². The van der Waals surface area contributed by atoms with E-state index >= 15 is 0 Å². The number of carbonyl (C=O) groups excluding carboxylic acids is 1. The lowest BCUT2D eigenvalue weighted by molar-refractivity contribution is -0.116. The fourth-order valence-electron chi connectivity index (χ4n) is 2.77. The van der Waals surface area contributed by atoms with Crippen LogP contribution in [-0.2, 0) is 11.5 Å². The molecule has 1 amide bonds. The van der Waals surface area contributed by atoms with Crippen LogP contribution in [0.1, 0.15) is 21.6 Å². The van der Waals surface area contributed by atoms with E-state index in [9.17, 15) is 9.59 Å². The minimum Gasteiger partial charge on any atom is -0.476 e. The highest BCUT2D eigenvalue weighted by atomic mass is 35.5. The second-order valence-electron chi connectivity index (χ2n) is 6.38. The third-order valence-corrected chi connectivity index (χ3v) is 4.95. The summed E-state index contributed by atoms with van der Waals surface area (Å²) in [6.45, 7) is 4.34. The van der Waals surface area contributed by atoms with E-state index in [1.807, 2.05) is 44.3 Å². The fraction of sp³-hybridized carbons (Fsp3) is 0.200. The van der Waals surface area contributed by atoms with Crippen LogP contribution in [0.3, 0.4) is 0 Å². The number of aryl methyl sites for hydroxylation is 2. The number of anilines is 2. The second-order valence-corrected chi connectivity index (χ2v) is 7.42. The molecule has 0 bridgehead atoms. The van der Waals surface area contributed by atoms with Crippen LogP contribution in [0.4, 0.5) is 11.4 Å². The van der Waals surface area contributed by atoms with Gasteiger partial charge < -0.3 is 10.8 Å². The Morgan fingerprint density at radius 1 is 1.19 bits per heavy atom. The molecule has 2 aromatic heterocycles. The highest BCUT2D eigenvalue weighted by molar-refractivity contribution is 6.36. The Morgan fingerprint density at radius 3 is 2.35 bits per heavy atom. The van der Waals surface area contributed by atoms with Crippen LogP contribution in [0.15, 0.2) is 42.7 Å². The highest BCUT2D eigenvalue weighted by Crippen LogP contribution is 2.26. The standard InChI is InChI=1S/C14H16ClN3O.C6H4Cl2N2O2/c1-11-5-3-6-12(2)14(11)18(13(19)9-15)10-17-8-4-7-16-17;7-3-1-2(9)4(8)5(10-3)6(11)12/h3-8H,9-10H2,1-2H3;1H,(H2,9,10)(H,11,12). The van der Waals surface area contributed by atoms with E-state index in [4.69, 9.17) is 45.6 Å². The van der Waals surface area contributed by atoms with Gasteiger partial charge in [0.15, 0.2) is 5.69 Å². The van der Waals surface area contributed by atoms with Crippen LogP contribution in [0.2, 0.25) is 10.2 Å². The quantitative estimate of drug-likeness (QED) is 0.410. The van der Waals surface area contributed by atoms with Gasteiger partial charge in [0, 0.05) is 12.4 Å². The molecule has 0 saturated carbocycles. The van der Waals surface area contributed by atoms with E-state index in [0.717, 1.165) is 16.8 Å². The normalized spacial score (nSPS) is 10.2. The van der Waals surface area contributed by atoms with Gasteiger partial charge in [-0.15, -0.1) is 11.6 Å². The number of aromatic carboxylic acids is 1. The van der Waals surface area contributed by atoms with Gasteiger partial charge in [0.25, 0.3) is 0 Å². The number of nitrogens with two attached hydrogens (primary N) is 1. The molecule has 3 aromatic rings. The molecule has 0 atom stereocenters. The van der Waals surface area contributed by atoms with Crippen molar-refractivity contribution >= 4 is 58.1 Å². The van der Waals surface area contributed by atoms with Crippen molar-refractivity contribution in [1.29, 1.82) is 0 Å². The summed E-state index contributed by atoms with van der Waals surface area (Å²) in [4.78, 5) is 27.7. The molecule has 3 N–H and O–H groups in total. The molecule has 0 spiro atoms. The van der Waals surface area contributed by atoms with Crippen LogP contribution >= 0.6 is 34.8 Å². The summed E-state index contributed by atoms with van der Waals surface area (Å²) in [5.74, 6) is -1.43. The number of nitrogen functional groups attached to an aromatic ring is 1. The van der Waals surface area contributed by atoms with E-state index < -0.39 is 5.97 Å². The Bertz CT molecular complexity index is 1050. The van der Waals surface area contributed by atoms with Crippen molar-refractivity contribution in [1.82, 2.24) is 14.8 Å². The molecule has 11 heteroatoms. The lowest BCUT2D eigenvalue weighted by Gasteiger charge is -2.25. The fourth-order valence-corrected chi connectivity index (χ4v) is 3.29. The predicted octanol–water partition coefficient (Wildman–Crippen LogP) is 4.40. The highest BCUT2D eigenvalue weighted by Gasteiger charge is 2.19. The smallest absolute Gasteiger partial charge is 0.356 e. The van der Waals surface area contributed by atoms with Crippen molar-refractivity contribution < 1.29 is 14.7 Å². The van der Waals surface area contributed by atoms with Gasteiger partial charge in [-0.1, -0.05) is 41.4 Å². The molecule has 0 aliphatic rings. The van der Waals surface area contributed by atoms with Gasteiger partial charge in [-0.05, 0) is 37.1 Å². The van der Waals surface area contributed by atoms with E-state index in [2.05, 4.69) is 10.1 Å². The maximum absolute atomic E-state index is 12.1. The zero-order valence-corrected chi connectivity index (χ0v) is 19.0. The molecule has 164 valence electrons. The van der Waals surface area contributed by atoms with Crippen molar-refractivity contribution in [2.45, 2.75) is 20.5 Å². The number of aromatic nitrogens is 3. The van der Waals surface area contributed by atoms with Crippen LogP contribution in [0.5, 0.6) is 0 Å². The SMILES string of the molecule is Cc1cccc(C)c1N(Cn1cccn1)C(=O)CCl.Nc1cc(Cl)nc(C(=O)O)c1Cl. The Balaban J connectivity index is 0.000000245. The number of para-hydroxylation sites is 1. The molecular weight excluding hydrogens is 465 g/mol. The van der Waals surface area contributed by atoms with E-state index in [1.165, 1.54) is 6.07 Å². The summed E-state index contributed by atoms with van der Waals surface area (Å²) in [6, 6.07) is 9.07. The summed E-state index contributed by atoms with van der Waals surface area (Å²) in [6.07, 6.45) is 3.51. The predicted molar refractivity (Wildman–Crippen MR) is 122 cm³/mol. The van der Waals surface area contributed by atoms with Crippen LogP contribution in [0.25, 0.3) is 0 Å². The van der Waals surface area contributed by atoms with E-state index in [0.29, 0.717) is 6.67 Å². The number of nitrogens with zero attached hydrogens (tertiary/aromatic N) is 4. The molecule has 0 unspecified atom stereocenters. The molecule has 31 heavy (non-hydrogen) atoms. The molecule has 2 heterocycles. The molecule has 0 radical (unpaired) electrons. The summed E-state index contributed by atoms with van der Waals surface area (Å²) in [5, 5.41) is 12.6. The van der Waals surface area contributed by atoms with Crippen LogP contribution in [0, 0.1) is 13.8 Å². The monoisotopic (exact) mass is 483 g/mol. The second kappa shape index (κ2) is 11.0. The first-order chi connectivity index (χ1) is 14.6. The summed E-state index contributed by atoms with van der Waals surface area (Å²) in [5.41, 5.74) is 8.11. The summed E-state index contributed by atoms with van der Waals surface area (Å²) >= 11 is 16.7. The number of rotatable bonds is 5. The Kier molecular flexibility index (Phi) is 8.67. The molecule has 0 fully saturated rings. The molecule has 8 nitrogen and oxygen atoms in total. The van der Waals surface area contributed by atoms with Crippen LogP contribution in [-0.4, -0.2) is 37.6 Å². The topological polar surface area (TPSA) is 114 Å². The molecule has 3 rings (SSSR count). The summed E-state index contributed by atoms with van der Waals surface area (Å²) < 4.78 is 1.70. The van der Waals surface area contributed by atoms with Crippen molar-refractivity contribution in [3.05, 3.63) is 69.7 Å². The average Bonchev–Trinajstić information content (AvgIpc) is 3.22. The van der Waals surface area contributed by atoms with Gasteiger partial charge in [0.2, 0.25) is 5.91 Å². The Hall–Kier alpha value is -2.81. The number of carbonyl (C=O) groups is 2. The number of benzene rings is 1. The first-order valence-corrected chi connectivity index (χ1v) is 10.2. The van der Waals surface area contributed by atoms with Gasteiger partial charge in [-0.25, -0.2) is 9.78 Å². The van der Waals surface area contributed by atoms with Crippen LogP contribution < -0.4 is 10.6 Å².